The Morgan fingerprint density at radius 2 is 1.00 bits per heavy atom. The fourth-order valence-electron chi connectivity index (χ4n) is 1.47. The zero-order chi connectivity index (χ0) is 13.2. The molecule has 98 valence electrons. The Balaban J connectivity index is 1.98. The molecular formula is C10H12O2P2S4. The lowest BCUT2D eigenvalue weighted by molar-refractivity contribution is 0.635. The normalized spacial score (nSPS) is 25.7. The minimum absolute atomic E-state index is 0.102. The largest absolute Gasteiger partial charge is 0.356 e. The van der Waals surface area contributed by atoms with E-state index in [1.807, 2.05) is 48.6 Å². The molecule has 0 aromatic carbocycles. The van der Waals surface area contributed by atoms with Gasteiger partial charge in [-0.2, -0.15) is 0 Å². The third-order valence-corrected chi connectivity index (χ3v) is 19.1. The highest BCUT2D eigenvalue weighted by Gasteiger charge is 2.31. The molecule has 0 heterocycles. The van der Waals surface area contributed by atoms with Gasteiger partial charge in [0.1, 0.15) is 10.9 Å². The number of hydrogen-bond donors (Lipinski definition) is 2. The number of hydrogen-bond acceptors (Lipinski definition) is 4. The third-order valence-electron chi connectivity index (χ3n) is 2.46. The van der Waals surface area contributed by atoms with Gasteiger partial charge in [0, 0.05) is 0 Å². The van der Waals surface area contributed by atoms with Gasteiger partial charge in [0.2, 0.25) is 0 Å². The number of rotatable bonds is 5. The second-order valence-electron chi connectivity index (χ2n) is 3.80. The Kier molecular flexibility index (Phi) is 5.18. The molecule has 0 amide bonds. The summed E-state index contributed by atoms with van der Waals surface area (Å²) in [6, 6.07) is 0. The van der Waals surface area contributed by atoms with Crippen molar-refractivity contribution in [3.8, 4) is 0 Å². The molecule has 0 fully saturated rings. The predicted molar refractivity (Wildman–Crippen MR) is 92.3 cm³/mol. The highest BCUT2D eigenvalue weighted by molar-refractivity contribution is 9.18. The standard InChI is InChI=1S/C10H12O2P2S4/c11-13(15,9-5-1-2-6-9)17-18-14(12,16)10-7-3-4-8-10/h1-10H,(H,11,15)(H,12,16). The van der Waals surface area contributed by atoms with Gasteiger partial charge >= 0.3 is 0 Å². The van der Waals surface area contributed by atoms with E-state index in [1.54, 1.807) is 0 Å². The van der Waals surface area contributed by atoms with Crippen LogP contribution in [0.25, 0.3) is 0 Å². The molecule has 2 N–H and O–H groups in total. The summed E-state index contributed by atoms with van der Waals surface area (Å²) in [7, 11) is 2.39. The SMILES string of the molecule is OP(=S)(SSP(O)(=S)C1C=CC=C1)C1C=CC=C1. The Morgan fingerprint density at radius 1 is 0.722 bits per heavy atom. The predicted octanol–water partition coefficient (Wildman–Crippen LogP) is 3.96. The maximum Gasteiger partial charge on any atom is 0.138 e. The van der Waals surface area contributed by atoms with Gasteiger partial charge in [-0.15, -0.1) is 0 Å². The van der Waals surface area contributed by atoms with Crippen LogP contribution in [-0.4, -0.2) is 21.1 Å². The lowest BCUT2D eigenvalue weighted by Gasteiger charge is -2.23. The van der Waals surface area contributed by atoms with Crippen molar-refractivity contribution in [2.45, 2.75) is 11.3 Å². The van der Waals surface area contributed by atoms with Gasteiger partial charge in [-0.25, -0.2) is 0 Å². The molecule has 2 rings (SSSR count). The van der Waals surface area contributed by atoms with E-state index in [9.17, 15) is 9.79 Å². The van der Waals surface area contributed by atoms with Crippen molar-refractivity contribution in [2.24, 2.45) is 0 Å². The molecule has 0 saturated heterocycles. The molecule has 0 aromatic rings. The van der Waals surface area contributed by atoms with E-state index in [2.05, 4.69) is 0 Å². The molecule has 2 aliphatic rings. The van der Waals surface area contributed by atoms with Gasteiger partial charge in [0.05, 0.1) is 11.3 Å². The molecule has 2 unspecified atom stereocenters. The summed E-state index contributed by atoms with van der Waals surface area (Å²) in [5, 5.41) is 0. The molecule has 8 heteroatoms. The van der Waals surface area contributed by atoms with E-state index >= 15 is 0 Å². The van der Waals surface area contributed by atoms with Crippen molar-refractivity contribution in [1.29, 1.82) is 0 Å². The van der Waals surface area contributed by atoms with Crippen molar-refractivity contribution >= 4 is 55.4 Å². The summed E-state index contributed by atoms with van der Waals surface area (Å²) < 4.78 is 0. The summed E-state index contributed by atoms with van der Waals surface area (Å²) >= 11 is 10.6. The first-order chi connectivity index (χ1) is 8.42. The van der Waals surface area contributed by atoms with Gasteiger partial charge in [-0.1, -0.05) is 72.2 Å². The quantitative estimate of drug-likeness (QED) is 0.575. The molecule has 2 atom stereocenters. The zero-order valence-electron chi connectivity index (χ0n) is 9.20. The number of allylic oxidation sites excluding steroid dienone is 8. The molecule has 0 radical (unpaired) electrons. The van der Waals surface area contributed by atoms with E-state index in [4.69, 9.17) is 23.6 Å². The van der Waals surface area contributed by atoms with E-state index in [0.29, 0.717) is 0 Å². The molecule has 18 heavy (non-hydrogen) atoms. The van der Waals surface area contributed by atoms with Crippen LogP contribution in [0.15, 0.2) is 48.6 Å². The first-order valence-electron chi connectivity index (χ1n) is 5.15. The van der Waals surface area contributed by atoms with Crippen molar-refractivity contribution < 1.29 is 9.79 Å². The first kappa shape index (κ1) is 15.3. The topological polar surface area (TPSA) is 40.5 Å². The van der Waals surface area contributed by atoms with Gasteiger partial charge in [-0.05, 0) is 20.8 Å². The zero-order valence-corrected chi connectivity index (χ0v) is 14.3. The van der Waals surface area contributed by atoms with Crippen LogP contribution >= 0.6 is 31.8 Å². The Labute approximate surface area is 124 Å². The van der Waals surface area contributed by atoms with Crippen LogP contribution in [0, 0.1) is 0 Å². The molecule has 0 aliphatic heterocycles. The molecule has 2 aliphatic carbocycles. The minimum atomic E-state index is -2.58. The summed E-state index contributed by atoms with van der Waals surface area (Å²) in [5.74, 6) is 0. The summed E-state index contributed by atoms with van der Waals surface area (Å²) in [6.45, 7) is 0. The van der Waals surface area contributed by atoms with Gasteiger partial charge in [-0.3, -0.25) is 0 Å². The van der Waals surface area contributed by atoms with Crippen LogP contribution in [0.4, 0.5) is 0 Å². The molecule has 0 bridgehead atoms. The third kappa shape index (κ3) is 3.71. The minimum Gasteiger partial charge on any atom is -0.356 e. The lowest BCUT2D eigenvalue weighted by Crippen LogP contribution is -1.96. The second-order valence-corrected chi connectivity index (χ2v) is 19.2. The molecule has 2 nitrogen and oxygen atoms in total. The maximum absolute atomic E-state index is 10.3. The summed E-state index contributed by atoms with van der Waals surface area (Å²) in [6.07, 6.45) is 15.1. The monoisotopic (exact) mass is 354 g/mol. The molecular weight excluding hydrogens is 342 g/mol. The smallest absolute Gasteiger partial charge is 0.138 e. The van der Waals surface area contributed by atoms with Crippen LogP contribution in [0.2, 0.25) is 0 Å². The first-order valence-corrected chi connectivity index (χ1v) is 14.2. The molecule has 0 spiro atoms. The van der Waals surface area contributed by atoms with Crippen LogP contribution in [-0.2, 0) is 23.6 Å². The van der Waals surface area contributed by atoms with Crippen molar-refractivity contribution in [3.05, 3.63) is 48.6 Å². The second kappa shape index (κ2) is 6.11. The summed E-state index contributed by atoms with van der Waals surface area (Å²) in [4.78, 5) is 20.6. The van der Waals surface area contributed by atoms with E-state index in [-0.39, 0.29) is 11.3 Å². The fourth-order valence-corrected chi connectivity index (χ4v) is 19.1. The molecule has 0 saturated carbocycles. The summed E-state index contributed by atoms with van der Waals surface area (Å²) in [5.41, 5.74) is -5.37. The van der Waals surface area contributed by atoms with Gasteiger partial charge < -0.3 is 9.79 Å². The average molecular weight is 354 g/mol. The fraction of sp³-hybridized carbons (Fsp3) is 0.200. The maximum atomic E-state index is 10.3. The highest BCUT2D eigenvalue weighted by atomic mass is 33.5. The highest BCUT2D eigenvalue weighted by Crippen LogP contribution is 2.76. The Morgan fingerprint density at radius 3 is 1.28 bits per heavy atom. The van der Waals surface area contributed by atoms with Crippen molar-refractivity contribution in [1.82, 2.24) is 0 Å². The lowest BCUT2D eigenvalue weighted by atomic mass is 10.5. The van der Waals surface area contributed by atoms with E-state index in [1.165, 1.54) is 20.8 Å². The van der Waals surface area contributed by atoms with Crippen LogP contribution in [0.1, 0.15) is 0 Å². The van der Waals surface area contributed by atoms with Crippen molar-refractivity contribution in [3.63, 3.8) is 0 Å². The average Bonchev–Trinajstić information content (AvgIpc) is 2.99. The van der Waals surface area contributed by atoms with Crippen LogP contribution in [0.3, 0.4) is 0 Å². The van der Waals surface area contributed by atoms with Gasteiger partial charge in [0.15, 0.2) is 0 Å². The Hall–Kier alpha value is 0.880. The molecule has 0 aromatic heterocycles. The van der Waals surface area contributed by atoms with E-state index < -0.39 is 10.9 Å². The van der Waals surface area contributed by atoms with Crippen LogP contribution < -0.4 is 0 Å². The Bertz CT molecular complexity index is 466. The van der Waals surface area contributed by atoms with E-state index in [0.717, 1.165) is 0 Å². The van der Waals surface area contributed by atoms with Crippen molar-refractivity contribution in [2.75, 3.05) is 0 Å². The van der Waals surface area contributed by atoms with Gasteiger partial charge in [0.25, 0.3) is 0 Å². The van der Waals surface area contributed by atoms with Crippen LogP contribution in [0.5, 0.6) is 0 Å².